The molecule has 0 bridgehead atoms. The van der Waals surface area contributed by atoms with Gasteiger partial charge in [0.2, 0.25) is 0 Å². The molecule has 0 fully saturated rings. The molecule has 0 amide bonds. The van der Waals surface area contributed by atoms with Gasteiger partial charge in [-0.15, -0.1) is 0 Å². The van der Waals surface area contributed by atoms with Crippen molar-refractivity contribution in [2.24, 2.45) is 5.92 Å². The molecule has 0 radical (unpaired) electrons. The van der Waals surface area contributed by atoms with Crippen LogP contribution in [-0.2, 0) is 14.3 Å². The summed E-state index contributed by atoms with van der Waals surface area (Å²) in [7, 11) is 3.15. The Balaban J connectivity index is 1.80. The van der Waals surface area contributed by atoms with E-state index < -0.39 is 17.8 Å². The van der Waals surface area contributed by atoms with Crippen LogP contribution in [0.1, 0.15) is 43.2 Å². The Morgan fingerprint density at radius 1 is 1.03 bits per heavy atom. The van der Waals surface area contributed by atoms with Crippen LogP contribution >= 0.6 is 0 Å². The van der Waals surface area contributed by atoms with Crippen molar-refractivity contribution in [2.75, 3.05) is 20.8 Å². The fourth-order valence-corrected chi connectivity index (χ4v) is 4.88. The number of hydrogen-bond acceptors (Lipinski definition) is 6. The van der Waals surface area contributed by atoms with Crippen LogP contribution in [0, 0.1) is 11.7 Å². The van der Waals surface area contributed by atoms with Crippen molar-refractivity contribution in [3.63, 3.8) is 0 Å². The number of ketones is 1. The molecule has 3 atom stereocenters. The van der Waals surface area contributed by atoms with Crippen LogP contribution in [-0.4, -0.2) is 32.6 Å². The Morgan fingerprint density at radius 3 is 2.35 bits per heavy atom. The van der Waals surface area contributed by atoms with Crippen LogP contribution < -0.4 is 14.8 Å². The van der Waals surface area contributed by atoms with Gasteiger partial charge in [-0.25, -0.2) is 9.18 Å². The zero-order valence-corrected chi connectivity index (χ0v) is 19.7. The molecule has 3 unspecified atom stereocenters. The van der Waals surface area contributed by atoms with Gasteiger partial charge in [0, 0.05) is 29.7 Å². The van der Waals surface area contributed by atoms with Crippen LogP contribution in [0.3, 0.4) is 0 Å². The first-order valence-electron chi connectivity index (χ1n) is 11.2. The summed E-state index contributed by atoms with van der Waals surface area (Å²) in [5.41, 5.74) is 3.37. The minimum absolute atomic E-state index is 0.00610. The van der Waals surface area contributed by atoms with Crippen LogP contribution in [0.2, 0.25) is 0 Å². The van der Waals surface area contributed by atoms with Crippen molar-refractivity contribution in [3.05, 3.63) is 82.5 Å². The molecule has 4 rings (SSSR count). The van der Waals surface area contributed by atoms with Crippen LogP contribution in [0.5, 0.6) is 11.5 Å². The Morgan fingerprint density at radius 2 is 1.71 bits per heavy atom. The maximum Gasteiger partial charge on any atom is 0.336 e. The summed E-state index contributed by atoms with van der Waals surface area (Å²) >= 11 is 0. The van der Waals surface area contributed by atoms with Gasteiger partial charge in [0.05, 0.1) is 32.3 Å². The van der Waals surface area contributed by atoms with Crippen LogP contribution in [0.25, 0.3) is 0 Å². The summed E-state index contributed by atoms with van der Waals surface area (Å²) in [6, 6.07) is 11.6. The summed E-state index contributed by atoms with van der Waals surface area (Å²) in [6.45, 7) is 3.75. The van der Waals surface area contributed by atoms with Crippen molar-refractivity contribution < 1.29 is 28.2 Å². The predicted molar refractivity (Wildman–Crippen MR) is 125 cm³/mol. The average molecular weight is 466 g/mol. The zero-order chi connectivity index (χ0) is 24.4. The van der Waals surface area contributed by atoms with Gasteiger partial charge < -0.3 is 19.5 Å². The molecule has 1 aliphatic heterocycles. The average Bonchev–Trinajstić information content (AvgIpc) is 2.83. The summed E-state index contributed by atoms with van der Waals surface area (Å²) in [6.07, 6.45) is 2.30. The van der Waals surface area contributed by atoms with E-state index in [-0.39, 0.29) is 30.5 Å². The molecule has 178 valence electrons. The first-order chi connectivity index (χ1) is 16.4. The molecule has 0 saturated heterocycles. The maximum absolute atomic E-state index is 13.7. The first kappa shape index (κ1) is 23.5. The highest BCUT2D eigenvalue weighted by Crippen LogP contribution is 2.46. The number of hydrogen-bond donors (Lipinski definition) is 1. The maximum atomic E-state index is 13.7. The van der Waals surface area contributed by atoms with E-state index in [4.69, 9.17) is 14.2 Å². The summed E-state index contributed by atoms with van der Waals surface area (Å²) in [5, 5.41) is 3.29. The van der Waals surface area contributed by atoms with Gasteiger partial charge in [0.25, 0.3) is 0 Å². The van der Waals surface area contributed by atoms with E-state index in [1.165, 1.54) is 12.1 Å². The Kier molecular flexibility index (Phi) is 6.72. The number of fused-ring (bicyclic) bond motifs is 1. The second-order valence-corrected chi connectivity index (χ2v) is 8.40. The second-order valence-electron chi connectivity index (χ2n) is 8.40. The third-order valence-corrected chi connectivity index (χ3v) is 6.42. The van der Waals surface area contributed by atoms with E-state index >= 15 is 0 Å². The third-order valence-electron chi connectivity index (χ3n) is 6.42. The SMILES string of the molecule is CCOC(=O)C1=C(C)NC2=CC(c3ccc(OC)c(OC)c3)CC(=O)C2C1c1ccc(F)cc1. The molecule has 0 aromatic heterocycles. The van der Waals surface area contributed by atoms with Gasteiger partial charge >= 0.3 is 5.97 Å². The van der Waals surface area contributed by atoms with Gasteiger partial charge in [-0.2, -0.15) is 0 Å². The van der Waals surface area contributed by atoms with E-state index in [2.05, 4.69) is 5.32 Å². The molecule has 2 aliphatic rings. The molecule has 6 nitrogen and oxygen atoms in total. The van der Waals surface area contributed by atoms with Crippen LogP contribution in [0.4, 0.5) is 4.39 Å². The fourth-order valence-electron chi connectivity index (χ4n) is 4.88. The number of esters is 1. The highest BCUT2D eigenvalue weighted by Gasteiger charge is 2.45. The summed E-state index contributed by atoms with van der Waals surface area (Å²) in [4.78, 5) is 26.5. The number of halogens is 1. The Labute approximate surface area is 198 Å². The van der Waals surface area contributed by atoms with Crippen molar-refractivity contribution in [2.45, 2.75) is 32.1 Å². The number of ether oxygens (including phenoxy) is 3. The second kappa shape index (κ2) is 9.71. The van der Waals surface area contributed by atoms with Gasteiger partial charge in [0.1, 0.15) is 11.6 Å². The highest BCUT2D eigenvalue weighted by molar-refractivity contribution is 5.96. The van der Waals surface area contributed by atoms with E-state index in [0.29, 0.717) is 28.3 Å². The zero-order valence-electron chi connectivity index (χ0n) is 19.7. The molecular weight excluding hydrogens is 437 g/mol. The lowest BCUT2D eigenvalue weighted by atomic mass is 9.68. The minimum atomic E-state index is -0.593. The summed E-state index contributed by atoms with van der Waals surface area (Å²) in [5.74, 6) is -0.981. The van der Waals surface area contributed by atoms with E-state index in [1.54, 1.807) is 40.2 Å². The van der Waals surface area contributed by atoms with E-state index in [1.807, 2.05) is 24.3 Å². The van der Waals surface area contributed by atoms with Crippen molar-refractivity contribution >= 4 is 11.8 Å². The predicted octanol–water partition coefficient (Wildman–Crippen LogP) is 4.62. The molecule has 2 aromatic rings. The number of allylic oxidation sites excluding steroid dienone is 3. The van der Waals surface area contributed by atoms with Gasteiger partial charge in [0.15, 0.2) is 11.5 Å². The molecule has 1 aliphatic carbocycles. The molecule has 34 heavy (non-hydrogen) atoms. The monoisotopic (exact) mass is 465 g/mol. The number of Topliss-reactive ketones (excluding diaryl/α,β-unsaturated/α-hetero) is 1. The quantitative estimate of drug-likeness (QED) is 0.628. The lowest BCUT2D eigenvalue weighted by Gasteiger charge is -2.39. The molecular formula is C27H28FNO5. The number of nitrogens with one attached hydrogen (secondary N) is 1. The first-order valence-corrected chi connectivity index (χ1v) is 11.2. The summed E-state index contributed by atoms with van der Waals surface area (Å²) < 4.78 is 29.7. The number of carbonyl (C=O) groups excluding carboxylic acids is 2. The van der Waals surface area contributed by atoms with E-state index in [0.717, 1.165) is 11.3 Å². The van der Waals surface area contributed by atoms with E-state index in [9.17, 15) is 14.0 Å². The number of rotatable bonds is 6. The fraction of sp³-hybridized carbons (Fsp3) is 0.333. The highest BCUT2D eigenvalue weighted by atomic mass is 19.1. The Hall–Kier alpha value is -3.61. The van der Waals surface area contributed by atoms with Crippen molar-refractivity contribution in [3.8, 4) is 11.5 Å². The van der Waals surface area contributed by atoms with Crippen molar-refractivity contribution in [1.82, 2.24) is 5.32 Å². The minimum Gasteiger partial charge on any atom is -0.493 e. The third kappa shape index (κ3) is 4.30. The Bertz CT molecular complexity index is 1170. The van der Waals surface area contributed by atoms with Gasteiger partial charge in [-0.1, -0.05) is 24.3 Å². The standard InChI is InChI=1S/C27H28FNO5/c1-5-34-27(31)24-15(2)29-20-12-18(17-8-11-22(32-3)23(14-17)33-4)13-21(30)26(20)25(24)16-6-9-19(28)10-7-16/h6-12,14,18,25-26,29H,5,13H2,1-4H3. The molecule has 7 heteroatoms. The smallest absolute Gasteiger partial charge is 0.336 e. The largest absolute Gasteiger partial charge is 0.493 e. The lowest BCUT2D eigenvalue weighted by Crippen LogP contribution is -2.42. The number of carbonyl (C=O) groups is 2. The van der Waals surface area contributed by atoms with Crippen molar-refractivity contribution in [1.29, 1.82) is 0 Å². The van der Waals surface area contributed by atoms with Crippen LogP contribution in [0.15, 0.2) is 65.5 Å². The number of benzene rings is 2. The molecule has 0 saturated carbocycles. The normalized spacial score (nSPS) is 21.9. The molecule has 1 heterocycles. The lowest BCUT2D eigenvalue weighted by molar-refractivity contribution is -0.139. The molecule has 1 N–H and O–H groups in total. The van der Waals surface area contributed by atoms with Gasteiger partial charge in [-0.05, 0) is 49.2 Å². The molecule has 2 aromatic carbocycles. The number of methoxy groups -OCH3 is 2. The van der Waals surface area contributed by atoms with Gasteiger partial charge in [-0.3, -0.25) is 4.79 Å². The molecule has 0 spiro atoms. The topological polar surface area (TPSA) is 73.9 Å².